The lowest BCUT2D eigenvalue weighted by Gasteiger charge is -2.16. The number of rotatable bonds is 2. The number of thiophene rings is 1. The summed E-state index contributed by atoms with van der Waals surface area (Å²) in [7, 11) is 1.68. The molecule has 21 heavy (non-hydrogen) atoms. The van der Waals surface area contributed by atoms with E-state index in [0.29, 0.717) is 0 Å². The van der Waals surface area contributed by atoms with E-state index >= 15 is 0 Å². The zero-order valence-corrected chi connectivity index (χ0v) is 12.8. The molecule has 0 radical (unpaired) electrons. The Morgan fingerprint density at radius 3 is 3.10 bits per heavy atom. The molecule has 0 bridgehead atoms. The number of benzene rings is 1. The summed E-state index contributed by atoms with van der Waals surface area (Å²) in [6, 6.07) is 7.93. The maximum atomic E-state index is 5.87. The second-order valence-corrected chi connectivity index (χ2v) is 6.53. The molecule has 1 aliphatic carbocycles. The molecule has 3 nitrogen and oxygen atoms in total. The van der Waals surface area contributed by atoms with Gasteiger partial charge in [-0.1, -0.05) is 12.1 Å². The number of methoxy groups -OCH3 is 1. The van der Waals surface area contributed by atoms with Gasteiger partial charge in [0, 0.05) is 15.7 Å². The first-order valence-electron chi connectivity index (χ1n) is 7.33. The topological polar surface area (TPSA) is 30.8 Å². The molecule has 1 unspecified atom stereocenters. The molecule has 4 heteroatoms. The van der Waals surface area contributed by atoms with Crippen molar-refractivity contribution >= 4 is 17.6 Å². The standard InChI is InChI=1S/C17H17NO2S/c1-19-12-6-4-5-11(9-12)16-18-17-14(10-20-16)13-7-2-3-8-15(13)21-17/h4-6,9-10,16H,2-3,7-8H2,1H3. The quantitative estimate of drug-likeness (QED) is 0.853. The average molecular weight is 299 g/mol. The number of hydrogen-bond donors (Lipinski definition) is 0. The maximum absolute atomic E-state index is 5.87. The van der Waals surface area contributed by atoms with Crippen molar-refractivity contribution in [1.29, 1.82) is 0 Å². The lowest BCUT2D eigenvalue weighted by Crippen LogP contribution is -2.28. The zero-order chi connectivity index (χ0) is 14.2. The Hall–Kier alpha value is -1.81. The van der Waals surface area contributed by atoms with Crippen LogP contribution in [0.4, 0.5) is 0 Å². The molecule has 2 heterocycles. The van der Waals surface area contributed by atoms with Gasteiger partial charge in [-0.2, -0.15) is 0 Å². The first kappa shape index (κ1) is 12.9. The van der Waals surface area contributed by atoms with Crippen molar-refractivity contribution in [2.75, 3.05) is 7.11 Å². The van der Waals surface area contributed by atoms with Gasteiger partial charge in [-0.3, -0.25) is 0 Å². The molecule has 4 rings (SSSR count). The minimum Gasteiger partial charge on any atom is -0.497 e. The Morgan fingerprint density at radius 2 is 2.19 bits per heavy atom. The Bertz CT molecular complexity index is 794. The summed E-state index contributed by atoms with van der Waals surface area (Å²) >= 11 is 1.84. The molecule has 0 saturated heterocycles. The van der Waals surface area contributed by atoms with E-state index in [0.717, 1.165) is 16.0 Å². The van der Waals surface area contributed by atoms with Crippen LogP contribution in [0.2, 0.25) is 0 Å². The number of hydrogen-bond acceptors (Lipinski definition) is 4. The predicted octanol–water partition coefficient (Wildman–Crippen LogP) is 2.72. The Kier molecular flexibility index (Phi) is 3.19. The van der Waals surface area contributed by atoms with Crippen LogP contribution in [0.3, 0.4) is 0 Å². The minimum absolute atomic E-state index is 0.257. The third-order valence-corrected chi connectivity index (χ3v) is 5.34. The number of aryl methyl sites for hydroxylation is 1. The monoisotopic (exact) mass is 299 g/mol. The summed E-state index contributed by atoms with van der Waals surface area (Å²) in [5.74, 6) is 0.836. The molecule has 1 atom stereocenters. The van der Waals surface area contributed by atoms with Gasteiger partial charge in [0.15, 0.2) is 0 Å². The summed E-state index contributed by atoms with van der Waals surface area (Å²) in [5, 5.41) is 1.22. The van der Waals surface area contributed by atoms with Gasteiger partial charge in [0.05, 0.1) is 13.4 Å². The van der Waals surface area contributed by atoms with Gasteiger partial charge < -0.3 is 9.47 Å². The lowest BCUT2D eigenvalue weighted by molar-refractivity contribution is 0.182. The highest BCUT2D eigenvalue weighted by Crippen LogP contribution is 2.26. The molecule has 0 spiro atoms. The molecule has 2 aromatic rings. The summed E-state index contributed by atoms with van der Waals surface area (Å²) < 4.78 is 12.3. The van der Waals surface area contributed by atoms with Crippen molar-refractivity contribution in [3.63, 3.8) is 0 Å². The van der Waals surface area contributed by atoms with Crippen LogP contribution in [0.25, 0.3) is 6.26 Å². The van der Waals surface area contributed by atoms with E-state index < -0.39 is 0 Å². The number of ether oxygens (including phenoxy) is 2. The van der Waals surface area contributed by atoms with Crippen molar-refractivity contribution in [2.45, 2.75) is 31.9 Å². The summed E-state index contributed by atoms with van der Waals surface area (Å²) in [6.45, 7) is 0. The van der Waals surface area contributed by atoms with Crippen LogP contribution in [0.5, 0.6) is 5.75 Å². The zero-order valence-electron chi connectivity index (χ0n) is 12.0. The highest BCUT2D eigenvalue weighted by Gasteiger charge is 2.20. The maximum Gasteiger partial charge on any atom is 0.216 e. The third-order valence-electron chi connectivity index (χ3n) is 4.12. The smallest absolute Gasteiger partial charge is 0.216 e. The highest BCUT2D eigenvalue weighted by atomic mass is 32.1. The number of fused-ring (bicyclic) bond motifs is 3. The van der Waals surface area contributed by atoms with E-state index in [2.05, 4.69) is 0 Å². The van der Waals surface area contributed by atoms with Crippen LogP contribution >= 0.6 is 11.3 Å². The van der Waals surface area contributed by atoms with Crippen molar-refractivity contribution in [3.8, 4) is 5.75 Å². The van der Waals surface area contributed by atoms with Gasteiger partial charge in [0.1, 0.15) is 10.4 Å². The summed E-state index contributed by atoms with van der Waals surface area (Å²) in [6.07, 6.45) is 6.59. The fourth-order valence-electron chi connectivity index (χ4n) is 3.01. The molecule has 0 fully saturated rings. The van der Waals surface area contributed by atoms with Gasteiger partial charge in [-0.15, -0.1) is 11.3 Å². The van der Waals surface area contributed by atoms with Crippen molar-refractivity contribution in [1.82, 2.24) is 0 Å². The molecule has 108 valence electrons. The molecule has 2 aliphatic rings. The van der Waals surface area contributed by atoms with Crippen molar-refractivity contribution in [2.24, 2.45) is 4.99 Å². The fourth-order valence-corrected chi connectivity index (χ4v) is 4.26. The molecule has 0 N–H and O–H groups in total. The molecule has 0 amide bonds. The minimum atomic E-state index is -0.257. The first-order chi connectivity index (χ1) is 10.3. The Morgan fingerprint density at radius 1 is 1.29 bits per heavy atom. The SMILES string of the molecule is COc1cccc(C2N=c3sc4c(c3=CO2)CCCC4)c1. The van der Waals surface area contributed by atoms with Gasteiger partial charge in [0.2, 0.25) is 6.23 Å². The molecule has 1 aliphatic heterocycles. The van der Waals surface area contributed by atoms with Gasteiger partial charge in [-0.05, 0) is 43.4 Å². The fraction of sp³-hybridized carbons (Fsp3) is 0.353. The molecule has 0 saturated carbocycles. The Balaban J connectivity index is 1.76. The number of nitrogens with zero attached hydrogens (tertiary/aromatic N) is 1. The normalized spacial score (nSPS) is 19.6. The van der Waals surface area contributed by atoms with E-state index in [1.54, 1.807) is 7.11 Å². The van der Waals surface area contributed by atoms with Gasteiger partial charge >= 0.3 is 0 Å². The average Bonchev–Trinajstić information content (AvgIpc) is 2.92. The summed E-state index contributed by atoms with van der Waals surface area (Å²) in [5.41, 5.74) is 2.50. The van der Waals surface area contributed by atoms with E-state index in [-0.39, 0.29) is 6.23 Å². The second kappa shape index (κ2) is 5.19. The second-order valence-electron chi connectivity index (χ2n) is 5.44. The van der Waals surface area contributed by atoms with E-state index in [9.17, 15) is 0 Å². The summed E-state index contributed by atoms with van der Waals surface area (Å²) in [4.78, 5) is 6.31. The van der Waals surface area contributed by atoms with Crippen LogP contribution in [0, 0.1) is 0 Å². The highest BCUT2D eigenvalue weighted by molar-refractivity contribution is 7.09. The largest absolute Gasteiger partial charge is 0.497 e. The molecule has 1 aromatic carbocycles. The Labute approximate surface area is 127 Å². The molecular weight excluding hydrogens is 282 g/mol. The van der Waals surface area contributed by atoms with Crippen LogP contribution in [-0.4, -0.2) is 7.11 Å². The third kappa shape index (κ3) is 2.23. The first-order valence-corrected chi connectivity index (χ1v) is 8.15. The predicted molar refractivity (Wildman–Crippen MR) is 83.0 cm³/mol. The van der Waals surface area contributed by atoms with E-state index in [1.165, 1.54) is 41.3 Å². The van der Waals surface area contributed by atoms with Crippen molar-refractivity contribution in [3.05, 3.63) is 50.2 Å². The van der Waals surface area contributed by atoms with E-state index in [1.807, 2.05) is 41.9 Å². The molecular formula is C17H17NO2S. The molecule has 1 aromatic heterocycles. The van der Waals surface area contributed by atoms with Crippen LogP contribution < -0.4 is 14.6 Å². The van der Waals surface area contributed by atoms with Gasteiger partial charge in [-0.25, -0.2) is 4.99 Å². The lowest BCUT2D eigenvalue weighted by atomic mass is 9.98. The van der Waals surface area contributed by atoms with Crippen LogP contribution in [0.1, 0.15) is 35.1 Å². The van der Waals surface area contributed by atoms with Crippen LogP contribution in [-0.2, 0) is 17.6 Å². The van der Waals surface area contributed by atoms with Crippen molar-refractivity contribution < 1.29 is 9.47 Å². The van der Waals surface area contributed by atoms with Gasteiger partial charge in [0.25, 0.3) is 0 Å². The van der Waals surface area contributed by atoms with Crippen LogP contribution in [0.15, 0.2) is 29.3 Å². The van der Waals surface area contributed by atoms with E-state index in [4.69, 9.17) is 14.5 Å².